The van der Waals surface area contributed by atoms with Crippen molar-refractivity contribution in [1.82, 2.24) is 0 Å². The van der Waals surface area contributed by atoms with Crippen LogP contribution in [0.25, 0.3) is 113 Å². The Labute approximate surface area is 387 Å². The van der Waals surface area contributed by atoms with Crippen molar-refractivity contribution < 1.29 is 0 Å². The predicted molar refractivity (Wildman–Crippen MR) is 285 cm³/mol. The Morgan fingerprint density at radius 1 is 0.197 bits per heavy atom. The van der Waals surface area contributed by atoms with Crippen LogP contribution < -0.4 is 0 Å². The normalized spacial score (nSPS) is 11.5. The summed E-state index contributed by atoms with van der Waals surface area (Å²) in [6.45, 7) is 0. The molecule has 0 aliphatic rings. The smallest absolute Gasteiger partial charge is 0.00264 e. The molecule has 0 spiro atoms. The van der Waals surface area contributed by atoms with Crippen molar-refractivity contribution in [3.8, 4) is 66.8 Å². The molecule has 0 unspecified atom stereocenters. The summed E-state index contributed by atoms with van der Waals surface area (Å²) in [6, 6.07) is 92.1. The van der Waals surface area contributed by atoms with Gasteiger partial charge in [0.2, 0.25) is 0 Å². The van der Waals surface area contributed by atoms with E-state index < -0.39 is 0 Å². The van der Waals surface area contributed by atoms with Crippen LogP contribution in [0.15, 0.2) is 255 Å². The first kappa shape index (κ1) is 40.2. The minimum Gasteiger partial charge on any atom is -0.0622 e. The summed E-state index contributed by atoms with van der Waals surface area (Å²) in [4.78, 5) is 0. The van der Waals surface area contributed by atoms with Gasteiger partial charge in [0.1, 0.15) is 0 Å². The molecule has 0 amide bonds. The zero-order valence-corrected chi connectivity index (χ0v) is 36.6. The van der Waals surface area contributed by atoms with Gasteiger partial charge in [-0.2, -0.15) is 0 Å². The summed E-state index contributed by atoms with van der Waals surface area (Å²) >= 11 is 0. The van der Waals surface area contributed by atoms with Gasteiger partial charge in [0, 0.05) is 0 Å². The van der Waals surface area contributed by atoms with Gasteiger partial charge < -0.3 is 0 Å². The fourth-order valence-electron chi connectivity index (χ4n) is 9.43. The first-order chi connectivity index (χ1) is 32.7. The highest BCUT2D eigenvalue weighted by Crippen LogP contribution is 2.44. The Morgan fingerprint density at radius 2 is 0.485 bits per heavy atom. The van der Waals surface area contributed by atoms with E-state index in [2.05, 4.69) is 279 Å². The average molecular weight is 839 g/mol. The highest BCUT2D eigenvalue weighted by molar-refractivity contribution is 6.21. The third-order valence-electron chi connectivity index (χ3n) is 12.7. The maximum Gasteiger partial charge on any atom is -0.00264 e. The molecule has 0 saturated carbocycles. The molecular weight excluding hydrogens is 793 g/mol. The molecule has 11 aromatic rings. The lowest BCUT2D eigenvalue weighted by Crippen LogP contribution is -1.91. The largest absolute Gasteiger partial charge is 0.0622 e. The number of benzene rings is 11. The highest BCUT2D eigenvalue weighted by atomic mass is 14.2. The Morgan fingerprint density at radius 3 is 0.818 bits per heavy atom. The fraction of sp³-hybridized carbons (Fsp3) is 0. The van der Waals surface area contributed by atoms with E-state index >= 15 is 0 Å². The minimum absolute atomic E-state index is 1.16. The zero-order valence-electron chi connectivity index (χ0n) is 36.6. The van der Waals surface area contributed by atoms with Crippen molar-refractivity contribution in [2.75, 3.05) is 0 Å². The third kappa shape index (κ3) is 8.21. The maximum atomic E-state index is 2.31. The Kier molecular flexibility index (Phi) is 11.1. The molecule has 0 aromatic heterocycles. The van der Waals surface area contributed by atoms with E-state index in [1.54, 1.807) is 0 Å². The summed E-state index contributed by atoms with van der Waals surface area (Å²) in [5, 5.41) is 4.98. The van der Waals surface area contributed by atoms with Crippen LogP contribution >= 0.6 is 0 Å². The van der Waals surface area contributed by atoms with Crippen molar-refractivity contribution in [3.05, 3.63) is 277 Å². The quantitative estimate of drug-likeness (QED) is 0.0951. The van der Waals surface area contributed by atoms with Crippen molar-refractivity contribution >= 4 is 45.8 Å². The van der Waals surface area contributed by atoms with E-state index in [1.165, 1.54) is 99.4 Å². The summed E-state index contributed by atoms with van der Waals surface area (Å²) < 4.78 is 0. The van der Waals surface area contributed by atoms with Gasteiger partial charge >= 0.3 is 0 Å². The second-order valence-corrected chi connectivity index (χ2v) is 16.8. The molecule has 0 radical (unpaired) electrons. The number of rotatable bonds is 10. The van der Waals surface area contributed by atoms with Gasteiger partial charge in [-0.15, -0.1) is 0 Å². The van der Waals surface area contributed by atoms with Crippen LogP contribution in [0.5, 0.6) is 0 Å². The number of hydrogen-bond acceptors (Lipinski definition) is 0. The van der Waals surface area contributed by atoms with Crippen LogP contribution in [-0.2, 0) is 0 Å². The van der Waals surface area contributed by atoms with Gasteiger partial charge in [-0.05, 0) is 123 Å². The molecule has 66 heavy (non-hydrogen) atoms. The summed E-state index contributed by atoms with van der Waals surface area (Å²) in [7, 11) is 0. The van der Waals surface area contributed by atoms with Crippen molar-refractivity contribution in [1.29, 1.82) is 0 Å². The van der Waals surface area contributed by atoms with Gasteiger partial charge in [-0.25, -0.2) is 0 Å². The first-order valence-corrected chi connectivity index (χ1v) is 22.7. The van der Waals surface area contributed by atoms with E-state index in [1.807, 2.05) is 0 Å². The van der Waals surface area contributed by atoms with Crippen molar-refractivity contribution in [3.63, 3.8) is 0 Å². The minimum atomic E-state index is 1.16. The van der Waals surface area contributed by atoms with Gasteiger partial charge in [-0.1, -0.05) is 267 Å². The van der Waals surface area contributed by atoms with E-state index in [0.29, 0.717) is 0 Å². The van der Waals surface area contributed by atoms with Crippen molar-refractivity contribution in [2.45, 2.75) is 0 Å². The fourth-order valence-corrected chi connectivity index (χ4v) is 9.43. The number of hydrogen-bond donors (Lipinski definition) is 0. The summed E-state index contributed by atoms with van der Waals surface area (Å²) in [6.07, 6.45) is 9.00. The molecule has 310 valence electrons. The lowest BCUT2D eigenvalue weighted by molar-refractivity contribution is 1.56. The van der Waals surface area contributed by atoms with Crippen molar-refractivity contribution in [2.24, 2.45) is 0 Å². The van der Waals surface area contributed by atoms with Gasteiger partial charge in [0.25, 0.3) is 0 Å². The molecule has 11 aromatic carbocycles. The summed E-state index contributed by atoms with van der Waals surface area (Å²) in [5.41, 5.74) is 19.3. The molecule has 0 nitrogen and oxygen atoms in total. The lowest BCUT2D eigenvalue weighted by Gasteiger charge is -2.18. The Balaban J connectivity index is 0.925. The highest BCUT2D eigenvalue weighted by Gasteiger charge is 2.17. The maximum absolute atomic E-state index is 2.31. The second-order valence-electron chi connectivity index (χ2n) is 16.8. The molecule has 0 aliphatic heterocycles. The van der Waals surface area contributed by atoms with E-state index in [0.717, 1.165) is 11.1 Å². The molecular formula is C66H46. The van der Waals surface area contributed by atoms with Crippen LogP contribution in [0.2, 0.25) is 0 Å². The lowest BCUT2D eigenvalue weighted by atomic mass is 9.85. The SMILES string of the molecule is C(=C\c1cc(-c2ccccc2)ccc1-c1ccccc1)/c1ccc(-c2c3ccccc3c(-c3ccc(/C=C/c4cc(-c5ccccc5)ccc4-c4ccccc4)cc3)c3ccccc23)cc1. The second kappa shape index (κ2) is 18.3. The van der Waals surface area contributed by atoms with E-state index in [4.69, 9.17) is 0 Å². The molecule has 0 N–H and O–H groups in total. The van der Waals surface area contributed by atoms with Gasteiger partial charge in [0.05, 0.1) is 0 Å². The first-order valence-electron chi connectivity index (χ1n) is 22.7. The Hall–Kier alpha value is -8.58. The Bertz CT molecular complexity index is 3210. The molecule has 0 fully saturated rings. The molecule has 0 heterocycles. The van der Waals surface area contributed by atoms with Gasteiger partial charge in [0.15, 0.2) is 0 Å². The third-order valence-corrected chi connectivity index (χ3v) is 12.7. The molecule has 0 saturated heterocycles. The standard InChI is InChI=1S/C66H46/c1-5-17-49(18-6-1)55-41-43-59(51-21-9-3-10-22-51)57(45-55)39-33-47-29-35-53(36-30-47)65-61-25-13-15-27-63(61)66(64-28-16-14-26-62(64)65)54-37-31-48(32-38-54)34-40-58-46-56(50-19-7-2-8-20-50)42-44-60(58)52-23-11-4-12-24-52/h1-46H/b39-33+,40-34+. The molecule has 0 aliphatic carbocycles. The molecule has 0 atom stereocenters. The average Bonchev–Trinajstić information content (AvgIpc) is 3.40. The van der Waals surface area contributed by atoms with E-state index in [9.17, 15) is 0 Å². The van der Waals surface area contributed by atoms with Crippen LogP contribution in [0.4, 0.5) is 0 Å². The molecule has 0 bridgehead atoms. The monoisotopic (exact) mass is 838 g/mol. The summed E-state index contributed by atoms with van der Waals surface area (Å²) in [5.74, 6) is 0. The topological polar surface area (TPSA) is 0 Å². The predicted octanol–water partition coefficient (Wildman–Crippen LogP) is 18.3. The molecule has 0 heteroatoms. The van der Waals surface area contributed by atoms with Crippen LogP contribution in [0, 0.1) is 0 Å². The van der Waals surface area contributed by atoms with E-state index in [-0.39, 0.29) is 0 Å². The molecule has 11 rings (SSSR count). The van der Waals surface area contributed by atoms with Crippen LogP contribution in [0.1, 0.15) is 22.3 Å². The zero-order chi connectivity index (χ0) is 44.1. The van der Waals surface area contributed by atoms with Crippen LogP contribution in [-0.4, -0.2) is 0 Å². The number of fused-ring (bicyclic) bond motifs is 2. The van der Waals surface area contributed by atoms with Gasteiger partial charge in [-0.3, -0.25) is 0 Å². The van der Waals surface area contributed by atoms with Crippen LogP contribution in [0.3, 0.4) is 0 Å².